The summed E-state index contributed by atoms with van der Waals surface area (Å²) in [5, 5.41) is 0.888. The number of imidazole rings is 1. The zero-order valence-corrected chi connectivity index (χ0v) is 12.8. The van der Waals surface area contributed by atoms with E-state index in [-0.39, 0.29) is 5.63 Å². The van der Waals surface area contributed by atoms with Crippen LogP contribution in [0.5, 0.6) is 0 Å². The number of para-hydroxylation sites is 3. The molecule has 0 aliphatic rings. The molecule has 2 aromatic carbocycles. The van der Waals surface area contributed by atoms with Crippen LogP contribution in [0.1, 0.15) is 0 Å². The molecular formula is C17H13N2O2P. The van der Waals surface area contributed by atoms with E-state index in [1.54, 1.807) is 6.07 Å². The first-order chi connectivity index (χ1) is 10.8. The number of rotatable bonds is 2. The second kappa shape index (κ2) is 5.08. The molecule has 0 aliphatic heterocycles. The van der Waals surface area contributed by atoms with Crippen LogP contribution < -0.4 is 5.63 Å². The highest BCUT2D eigenvalue weighted by Gasteiger charge is 2.16. The zero-order valence-electron chi connectivity index (χ0n) is 11.7. The van der Waals surface area contributed by atoms with E-state index in [0.717, 1.165) is 16.4 Å². The molecule has 0 N–H and O–H groups in total. The van der Waals surface area contributed by atoms with Crippen LogP contribution in [-0.4, -0.2) is 9.55 Å². The van der Waals surface area contributed by atoms with Crippen molar-refractivity contribution in [3.63, 3.8) is 0 Å². The van der Waals surface area contributed by atoms with E-state index in [4.69, 9.17) is 4.42 Å². The first-order valence-corrected chi connectivity index (χ1v) is 7.78. The summed E-state index contributed by atoms with van der Waals surface area (Å²) in [6, 6.07) is 17.2. The summed E-state index contributed by atoms with van der Waals surface area (Å²) in [6.45, 7) is 0. The van der Waals surface area contributed by atoms with E-state index in [2.05, 4.69) is 14.2 Å². The molecule has 22 heavy (non-hydrogen) atoms. The normalized spacial score (nSPS) is 11.3. The van der Waals surface area contributed by atoms with Crippen molar-refractivity contribution in [2.45, 2.75) is 6.29 Å². The third-order valence-electron chi connectivity index (χ3n) is 3.72. The zero-order chi connectivity index (χ0) is 15.1. The van der Waals surface area contributed by atoms with Gasteiger partial charge in [-0.15, -0.1) is 9.24 Å². The lowest BCUT2D eigenvalue weighted by molar-refractivity contribution is 0.562. The Balaban J connectivity index is 2.06. The van der Waals surface area contributed by atoms with Crippen LogP contribution in [-0.2, 0) is 6.29 Å². The van der Waals surface area contributed by atoms with E-state index >= 15 is 0 Å². The predicted octanol–water partition coefficient (Wildman–Crippen LogP) is 3.64. The molecule has 4 rings (SSSR count). The fraction of sp³-hybridized carbons (Fsp3) is 0.0588. The second-order valence-electron chi connectivity index (χ2n) is 5.02. The van der Waals surface area contributed by atoms with Crippen molar-refractivity contribution in [1.82, 2.24) is 9.55 Å². The van der Waals surface area contributed by atoms with Gasteiger partial charge in [0, 0.05) is 11.7 Å². The van der Waals surface area contributed by atoms with E-state index in [1.165, 1.54) is 0 Å². The van der Waals surface area contributed by atoms with Crippen molar-refractivity contribution >= 4 is 31.2 Å². The third-order valence-corrected chi connectivity index (χ3v) is 4.08. The third kappa shape index (κ3) is 1.96. The Morgan fingerprint density at radius 1 is 1.09 bits per heavy atom. The highest BCUT2D eigenvalue weighted by molar-refractivity contribution is 7.15. The van der Waals surface area contributed by atoms with E-state index < -0.39 is 0 Å². The molecule has 0 aliphatic carbocycles. The number of benzene rings is 2. The lowest BCUT2D eigenvalue weighted by Crippen LogP contribution is -2.07. The minimum atomic E-state index is -0.367. The Hall–Kier alpha value is -2.45. The molecule has 0 radical (unpaired) electrons. The standard InChI is InChI=1S/C17H13N2O2P/c20-17-12(9-11-5-1-4-8-15(11)21-17)16-18-13-6-2-3-7-14(13)19(16)10-22/h1-9H,10,22H2. The lowest BCUT2D eigenvalue weighted by Gasteiger charge is -2.05. The fourth-order valence-electron chi connectivity index (χ4n) is 2.68. The number of aromatic nitrogens is 2. The maximum absolute atomic E-state index is 12.4. The number of hydrogen-bond donors (Lipinski definition) is 0. The van der Waals surface area contributed by atoms with Crippen LogP contribution in [0.3, 0.4) is 0 Å². The molecule has 0 saturated carbocycles. The van der Waals surface area contributed by atoms with Crippen LogP contribution in [0.2, 0.25) is 0 Å². The highest BCUT2D eigenvalue weighted by Crippen LogP contribution is 2.25. The molecule has 4 nitrogen and oxygen atoms in total. The SMILES string of the molecule is O=c1oc2ccccc2cc1-c1nc2ccccc2n1CP. The maximum atomic E-state index is 12.4. The molecule has 0 spiro atoms. The molecule has 1 unspecified atom stereocenters. The van der Waals surface area contributed by atoms with Gasteiger partial charge in [0.05, 0.1) is 11.0 Å². The van der Waals surface area contributed by atoms with Gasteiger partial charge in [0.25, 0.3) is 0 Å². The molecule has 0 saturated heterocycles. The van der Waals surface area contributed by atoms with Crippen molar-refractivity contribution in [3.05, 3.63) is 65.0 Å². The van der Waals surface area contributed by atoms with Gasteiger partial charge in [0.1, 0.15) is 17.0 Å². The van der Waals surface area contributed by atoms with Gasteiger partial charge in [-0.1, -0.05) is 30.3 Å². The smallest absolute Gasteiger partial charge is 0.347 e. The Morgan fingerprint density at radius 2 is 1.86 bits per heavy atom. The largest absolute Gasteiger partial charge is 0.422 e. The summed E-state index contributed by atoms with van der Waals surface area (Å²) in [5.41, 5.74) is 2.57. The van der Waals surface area contributed by atoms with Gasteiger partial charge in [-0.25, -0.2) is 9.78 Å². The summed E-state index contributed by atoms with van der Waals surface area (Å²) in [4.78, 5) is 17.0. The highest BCUT2D eigenvalue weighted by atomic mass is 31.0. The van der Waals surface area contributed by atoms with Crippen LogP contribution in [0.15, 0.2) is 63.8 Å². The van der Waals surface area contributed by atoms with Crippen molar-refractivity contribution in [1.29, 1.82) is 0 Å². The average molecular weight is 308 g/mol. The summed E-state index contributed by atoms with van der Waals surface area (Å²) in [7, 11) is 2.68. The van der Waals surface area contributed by atoms with Gasteiger partial charge in [-0.05, 0) is 24.3 Å². The molecule has 5 heteroatoms. The summed E-state index contributed by atoms with van der Waals surface area (Å²) in [6.07, 6.45) is 0.655. The Kier molecular flexibility index (Phi) is 3.05. The molecular weight excluding hydrogens is 295 g/mol. The minimum absolute atomic E-state index is 0.367. The predicted molar refractivity (Wildman–Crippen MR) is 90.9 cm³/mol. The monoisotopic (exact) mass is 308 g/mol. The fourth-order valence-corrected chi connectivity index (χ4v) is 3.05. The molecule has 2 heterocycles. The Bertz CT molecular complexity index is 1050. The topological polar surface area (TPSA) is 48.0 Å². The Labute approximate surface area is 128 Å². The first-order valence-electron chi connectivity index (χ1n) is 6.96. The summed E-state index contributed by atoms with van der Waals surface area (Å²) < 4.78 is 7.43. The molecule has 0 bridgehead atoms. The van der Waals surface area contributed by atoms with Gasteiger partial charge in [0.15, 0.2) is 0 Å². The van der Waals surface area contributed by atoms with Gasteiger partial charge in [-0.3, -0.25) is 0 Å². The van der Waals surface area contributed by atoms with Crippen LogP contribution in [0, 0.1) is 0 Å². The number of nitrogens with zero attached hydrogens (tertiary/aromatic N) is 2. The van der Waals surface area contributed by atoms with Crippen LogP contribution in [0.25, 0.3) is 33.4 Å². The summed E-state index contributed by atoms with van der Waals surface area (Å²) in [5.74, 6) is 0.635. The molecule has 0 fully saturated rings. The lowest BCUT2D eigenvalue weighted by atomic mass is 10.2. The van der Waals surface area contributed by atoms with Crippen molar-refractivity contribution in [2.75, 3.05) is 0 Å². The molecule has 2 aromatic heterocycles. The van der Waals surface area contributed by atoms with Gasteiger partial charge >= 0.3 is 5.63 Å². The van der Waals surface area contributed by atoms with Gasteiger partial charge < -0.3 is 8.98 Å². The molecule has 0 amide bonds. The van der Waals surface area contributed by atoms with Crippen LogP contribution >= 0.6 is 9.24 Å². The minimum Gasteiger partial charge on any atom is -0.422 e. The number of hydrogen-bond acceptors (Lipinski definition) is 3. The van der Waals surface area contributed by atoms with Crippen molar-refractivity contribution in [2.24, 2.45) is 0 Å². The number of fused-ring (bicyclic) bond motifs is 2. The summed E-state index contributed by atoms with van der Waals surface area (Å²) >= 11 is 0. The van der Waals surface area contributed by atoms with E-state index in [0.29, 0.717) is 23.3 Å². The van der Waals surface area contributed by atoms with E-state index in [9.17, 15) is 4.79 Å². The van der Waals surface area contributed by atoms with E-state index in [1.807, 2.05) is 53.1 Å². The maximum Gasteiger partial charge on any atom is 0.347 e. The average Bonchev–Trinajstić information content (AvgIpc) is 2.92. The van der Waals surface area contributed by atoms with Crippen LogP contribution in [0.4, 0.5) is 0 Å². The quantitative estimate of drug-likeness (QED) is 0.419. The van der Waals surface area contributed by atoms with Crippen molar-refractivity contribution < 1.29 is 4.42 Å². The Morgan fingerprint density at radius 3 is 2.73 bits per heavy atom. The van der Waals surface area contributed by atoms with Crippen molar-refractivity contribution in [3.8, 4) is 11.4 Å². The molecule has 1 atom stereocenters. The molecule has 4 aromatic rings. The first kappa shape index (κ1) is 13.2. The van der Waals surface area contributed by atoms with Gasteiger partial charge in [0.2, 0.25) is 0 Å². The molecule has 108 valence electrons. The second-order valence-corrected chi connectivity index (χ2v) is 5.39. The van der Waals surface area contributed by atoms with Gasteiger partial charge in [-0.2, -0.15) is 0 Å².